The van der Waals surface area contributed by atoms with Crippen LogP contribution in [0, 0.1) is 5.82 Å². The predicted octanol–water partition coefficient (Wildman–Crippen LogP) is 1.58. The van der Waals surface area contributed by atoms with Gasteiger partial charge in [0.05, 0.1) is 16.6 Å². The van der Waals surface area contributed by atoms with Crippen molar-refractivity contribution in [2.24, 2.45) is 0 Å². The van der Waals surface area contributed by atoms with Gasteiger partial charge in [-0.1, -0.05) is 0 Å². The molecule has 3 aromatic rings. The van der Waals surface area contributed by atoms with Gasteiger partial charge in [0.15, 0.2) is 5.82 Å². The average Bonchev–Trinajstić information content (AvgIpc) is 3.03. The number of piperazine rings is 1. The Morgan fingerprint density at radius 3 is 2.48 bits per heavy atom. The van der Waals surface area contributed by atoms with Gasteiger partial charge in [-0.25, -0.2) is 9.37 Å². The largest absolute Gasteiger partial charge is 0.419 e. The molecule has 11 heteroatoms. The van der Waals surface area contributed by atoms with Crippen molar-refractivity contribution in [3.63, 3.8) is 0 Å². The summed E-state index contributed by atoms with van der Waals surface area (Å²) in [4.78, 5) is 8.37. The van der Waals surface area contributed by atoms with Gasteiger partial charge in [-0.2, -0.15) is 17.7 Å². The van der Waals surface area contributed by atoms with E-state index >= 15 is 0 Å². The van der Waals surface area contributed by atoms with Crippen LogP contribution in [0.5, 0.6) is 0 Å². The highest BCUT2D eigenvalue weighted by Crippen LogP contribution is 2.34. The number of likely N-dealkylation sites (N-methyl/N-ethyl adjacent to an activating group) is 1. The van der Waals surface area contributed by atoms with E-state index in [1.807, 2.05) is 11.9 Å². The van der Waals surface area contributed by atoms with Crippen LogP contribution < -0.4 is 4.90 Å². The van der Waals surface area contributed by atoms with Gasteiger partial charge in [0, 0.05) is 32.2 Å². The van der Waals surface area contributed by atoms with E-state index < -0.39 is 17.6 Å². The molecule has 3 heterocycles. The Hall–Kier alpha value is -2.56. The number of halogens is 4. The molecule has 0 aliphatic carbocycles. The number of fused-ring (bicyclic) bond motifs is 3. The van der Waals surface area contributed by atoms with E-state index in [1.165, 1.54) is 4.52 Å². The third-order valence-electron chi connectivity index (χ3n) is 4.30. The molecule has 0 spiro atoms. The number of alkyl halides is 3. The van der Waals surface area contributed by atoms with E-state index in [-0.39, 0.29) is 16.7 Å². The summed E-state index contributed by atoms with van der Waals surface area (Å²) >= 11 is 0. The quantitative estimate of drug-likeness (QED) is 0.618. The molecule has 1 saturated heterocycles. The summed E-state index contributed by atoms with van der Waals surface area (Å²) in [7, 11) is 1.98. The fourth-order valence-electron chi connectivity index (χ4n) is 2.91. The summed E-state index contributed by atoms with van der Waals surface area (Å²) in [5.74, 6) is -0.990. The topological polar surface area (TPSA) is 62.5 Å². The van der Waals surface area contributed by atoms with Crippen molar-refractivity contribution < 1.29 is 17.6 Å². The Balaban J connectivity index is 1.93. The number of nitrogens with zero attached hydrogens (tertiary/aromatic N) is 7. The fourth-order valence-corrected chi connectivity index (χ4v) is 2.91. The summed E-state index contributed by atoms with van der Waals surface area (Å²) in [6.07, 6.45) is -4.80. The molecule has 132 valence electrons. The van der Waals surface area contributed by atoms with Crippen LogP contribution in [0.15, 0.2) is 12.1 Å². The van der Waals surface area contributed by atoms with Gasteiger partial charge < -0.3 is 9.80 Å². The number of rotatable bonds is 1. The molecule has 1 aromatic carbocycles. The second kappa shape index (κ2) is 5.48. The summed E-state index contributed by atoms with van der Waals surface area (Å²) in [5, 5.41) is 11.2. The number of hydrogen-bond acceptors (Lipinski definition) is 6. The van der Waals surface area contributed by atoms with Gasteiger partial charge in [0.1, 0.15) is 5.82 Å². The number of benzene rings is 1. The molecule has 0 unspecified atom stereocenters. The van der Waals surface area contributed by atoms with Crippen LogP contribution in [0.1, 0.15) is 5.56 Å². The first-order chi connectivity index (χ1) is 11.8. The lowest BCUT2D eigenvalue weighted by Gasteiger charge is -2.33. The first kappa shape index (κ1) is 15.9. The Kier molecular flexibility index (Phi) is 3.49. The van der Waals surface area contributed by atoms with Crippen LogP contribution in [0.3, 0.4) is 0 Å². The van der Waals surface area contributed by atoms with Gasteiger partial charge >= 0.3 is 6.18 Å². The lowest BCUT2D eigenvalue weighted by molar-refractivity contribution is -0.139. The molecule has 1 aliphatic heterocycles. The monoisotopic (exact) mass is 355 g/mol. The highest BCUT2D eigenvalue weighted by molar-refractivity contribution is 5.83. The van der Waals surface area contributed by atoms with Gasteiger partial charge in [-0.3, -0.25) is 0 Å². The van der Waals surface area contributed by atoms with Crippen molar-refractivity contribution in [1.82, 2.24) is 29.9 Å². The predicted molar refractivity (Wildman–Crippen MR) is 80.8 cm³/mol. The molecule has 25 heavy (non-hydrogen) atoms. The molecule has 2 aromatic heterocycles. The molecular formula is C14H13F4N7. The summed E-state index contributed by atoms with van der Waals surface area (Å²) < 4.78 is 54.1. The van der Waals surface area contributed by atoms with Crippen molar-refractivity contribution in [2.45, 2.75) is 6.18 Å². The molecule has 7 nitrogen and oxygen atoms in total. The number of hydrogen-bond donors (Lipinski definition) is 0. The maximum absolute atomic E-state index is 13.9. The van der Waals surface area contributed by atoms with Crippen LogP contribution in [0.25, 0.3) is 16.7 Å². The highest BCUT2D eigenvalue weighted by atomic mass is 19.4. The Morgan fingerprint density at radius 1 is 1.08 bits per heavy atom. The molecule has 0 amide bonds. The Morgan fingerprint density at radius 2 is 1.80 bits per heavy atom. The minimum Gasteiger partial charge on any atom is -0.351 e. The van der Waals surface area contributed by atoms with Crippen LogP contribution in [0.2, 0.25) is 0 Å². The lowest BCUT2D eigenvalue weighted by Crippen LogP contribution is -2.45. The molecular weight excluding hydrogens is 342 g/mol. The van der Waals surface area contributed by atoms with Gasteiger partial charge in [-0.05, 0) is 23.5 Å². The van der Waals surface area contributed by atoms with E-state index in [2.05, 4.69) is 25.4 Å². The zero-order chi connectivity index (χ0) is 17.8. The first-order valence-electron chi connectivity index (χ1n) is 7.56. The molecule has 1 aliphatic rings. The van der Waals surface area contributed by atoms with Gasteiger partial charge in [0.2, 0.25) is 5.65 Å². The first-order valence-corrected chi connectivity index (χ1v) is 7.56. The van der Waals surface area contributed by atoms with Crippen molar-refractivity contribution in [3.05, 3.63) is 23.5 Å². The highest BCUT2D eigenvalue weighted by Gasteiger charge is 2.35. The van der Waals surface area contributed by atoms with E-state index in [0.717, 1.165) is 19.2 Å². The lowest BCUT2D eigenvalue weighted by atomic mass is 10.1. The molecule has 1 fully saturated rings. The van der Waals surface area contributed by atoms with Crippen LogP contribution in [-0.2, 0) is 6.18 Å². The van der Waals surface area contributed by atoms with E-state index in [1.54, 1.807) is 0 Å². The normalized spacial score (nSPS) is 16.9. The number of anilines is 1. The molecule has 0 saturated carbocycles. The Bertz CT molecular complexity index is 944. The zero-order valence-electron chi connectivity index (χ0n) is 13.1. The summed E-state index contributed by atoms with van der Waals surface area (Å²) in [6.45, 7) is 2.85. The van der Waals surface area contributed by atoms with Crippen LogP contribution in [-0.4, -0.2) is 63.2 Å². The third kappa shape index (κ3) is 2.64. The second-order valence-electron chi connectivity index (χ2n) is 5.96. The van der Waals surface area contributed by atoms with E-state index in [4.69, 9.17) is 0 Å². The minimum absolute atomic E-state index is 0.0116. The smallest absolute Gasteiger partial charge is 0.351 e. The van der Waals surface area contributed by atoms with Crippen molar-refractivity contribution in [1.29, 1.82) is 0 Å². The Labute approximate surface area is 138 Å². The molecule has 0 bridgehead atoms. The number of tetrazole rings is 1. The van der Waals surface area contributed by atoms with Gasteiger partial charge in [-0.15, -0.1) is 5.10 Å². The standard InChI is InChI=1S/C14H13F4N7/c1-23-2-4-24(5-3-23)12-13-20-21-22-25(13)11-7-9(15)8(14(16,17)18)6-10(11)19-12/h6-7H,2-5H2,1H3. The zero-order valence-corrected chi connectivity index (χ0v) is 13.1. The van der Waals surface area contributed by atoms with Gasteiger partial charge in [0.25, 0.3) is 0 Å². The average molecular weight is 355 g/mol. The second-order valence-corrected chi connectivity index (χ2v) is 5.96. The van der Waals surface area contributed by atoms with Crippen LogP contribution >= 0.6 is 0 Å². The van der Waals surface area contributed by atoms with E-state index in [0.29, 0.717) is 25.0 Å². The number of aromatic nitrogens is 5. The van der Waals surface area contributed by atoms with E-state index in [9.17, 15) is 17.6 Å². The molecule has 0 atom stereocenters. The summed E-state index contributed by atoms with van der Waals surface area (Å²) in [6, 6.07) is 1.47. The molecule has 4 rings (SSSR count). The SMILES string of the molecule is CN1CCN(c2nc3cc(C(F)(F)F)c(F)cc3n3nnnc23)CC1. The molecule has 0 N–H and O–H groups in total. The van der Waals surface area contributed by atoms with Crippen molar-refractivity contribution >= 4 is 22.5 Å². The van der Waals surface area contributed by atoms with Crippen LogP contribution in [0.4, 0.5) is 23.4 Å². The fraction of sp³-hybridized carbons (Fsp3) is 0.429. The van der Waals surface area contributed by atoms with Crippen molar-refractivity contribution in [2.75, 3.05) is 38.1 Å². The minimum atomic E-state index is -4.80. The maximum Gasteiger partial charge on any atom is 0.419 e. The molecule has 0 radical (unpaired) electrons. The third-order valence-corrected chi connectivity index (χ3v) is 4.30. The summed E-state index contributed by atoms with van der Waals surface area (Å²) in [5.41, 5.74) is -0.994. The van der Waals surface area contributed by atoms with Crippen molar-refractivity contribution in [3.8, 4) is 0 Å². The maximum atomic E-state index is 13.9.